The first-order chi connectivity index (χ1) is 10.4. The minimum atomic E-state index is -0.969. The van der Waals surface area contributed by atoms with Gasteiger partial charge in [0.15, 0.2) is 0 Å². The van der Waals surface area contributed by atoms with Crippen molar-refractivity contribution < 1.29 is 23.6 Å². The maximum atomic E-state index is 13.4. The summed E-state index contributed by atoms with van der Waals surface area (Å²) in [5, 5.41) is 24.4. The number of nitrogens with zero attached hydrogens (tertiary/aromatic N) is 1. The van der Waals surface area contributed by atoms with E-state index < -0.39 is 28.3 Å². The van der Waals surface area contributed by atoms with Crippen molar-refractivity contribution in [2.24, 2.45) is 0 Å². The predicted octanol–water partition coefficient (Wildman–Crippen LogP) is 3.22. The van der Waals surface area contributed by atoms with Crippen LogP contribution in [0, 0.1) is 21.7 Å². The Balaban J connectivity index is 2.10. The number of anilines is 2. The van der Waals surface area contributed by atoms with Gasteiger partial charge < -0.3 is 15.7 Å². The Morgan fingerprint density at radius 1 is 1.09 bits per heavy atom. The Hall–Kier alpha value is -3.23. The normalized spacial score (nSPS) is 10.1. The van der Waals surface area contributed by atoms with Crippen LogP contribution in [0.4, 0.5) is 30.6 Å². The second-order valence-electron chi connectivity index (χ2n) is 4.16. The number of carbonyl (C=O) groups is 1. The Morgan fingerprint density at radius 2 is 1.73 bits per heavy atom. The predicted molar refractivity (Wildman–Crippen MR) is 73.8 cm³/mol. The number of amides is 2. The van der Waals surface area contributed by atoms with E-state index in [-0.39, 0.29) is 17.1 Å². The van der Waals surface area contributed by atoms with Gasteiger partial charge in [-0.05, 0) is 18.2 Å². The minimum absolute atomic E-state index is 0.106. The van der Waals surface area contributed by atoms with E-state index in [0.717, 1.165) is 30.3 Å². The monoisotopic (exact) mass is 309 g/mol. The minimum Gasteiger partial charge on any atom is -0.506 e. The molecule has 7 nitrogen and oxygen atoms in total. The summed E-state index contributed by atoms with van der Waals surface area (Å²) in [7, 11) is 0. The van der Waals surface area contributed by atoms with Gasteiger partial charge in [-0.1, -0.05) is 0 Å². The average molecular weight is 309 g/mol. The lowest BCUT2D eigenvalue weighted by molar-refractivity contribution is -0.384. The first-order valence-corrected chi connectivity index (χ1v) is 5.87. The molecule has 114 valence electrons. The van der Waals surface area contributed by atoms with E-state index in [1.54, 1.807) is 0 Å². The number of hydrogen-bond acceptors (Lipinski definition) is 4. The first kappa shape index (κ1) is 15.2. The summed E-state index contributed by atoms with van der Waals surface area (Å²) >= 11 is 0. The van der Waals surface area contributed by atoms with E-state index >= 15 is 0 Å². The van der Waals surface area contributed by atoms with Gasteiger partial charge in [-0.2, -0.15) is 0 Å². The van der Waals surface area contributed by atoms with Crippen LogP contribution in [0.2, 0.25) is 0 Å². The zero-order valence-electron chi connectivity index (χ0n) is 10.8. The molecule has 0 unspecified atom stereocenters. The molecule has 0 spiro atoms. The fraction of sp³-hybridized carbons (Fsp3) is 0. The summed E-state index contributed by atoms with van der Waals surface area (Å²) in [6, 6.07) is 4.73. The summed E-state index contributed by atoms with van der Waals surface area (Å²) in [5.41, 5.74) is -0.723. The molecule has 2 aromatic rings. The number of nitro benzene ring substituents is 1. The van der Waals surface area contributed by atoms with Gasteiger partial charge in [0, 0.05) is 12.1 Å². The molecule has 3 N–H and O–H groups in total. The van der Waals surface area contributed by atoms with Crippen LogP contribution in [0.5, 0.6) is 5.75 Å². The van der Waals surface area contributed by atoms with Crippen molar-refractivity contribution in [3.8, 4) is 5.75 Å². The lowest BCUT2D eigenvalue weighted by Crippen LogP contribution is -2.20. The third-order valence-corrected chi connectivity index (χ3v) is 2.62. The zero-order chi connectivity index (χ0) is 16.3. The maximum absolute atomic E-state index is 13.4. The second-order valence-corrected chi connectivity index (χ2v) is 4.16. The van der Waals surface area contributed by atoms with Crippen LogP contribution in [-0.2, 0) is 0 Å². The highest BCUT2D eigenvalue weighted by Gasteiger charge is 2.13. The standard InChI is InChI=1S/C13H9F2N3O4/c14-7-1-3-10(9(15)5-7)16-13(20)17-11-4-2-8(18(21)22)6-12(11)19/h1-6,19H,(H2,16,17,20). The Morgan fingerprint density at radius 3 is 2.32 bits per heavy atom. The molecule has 0 aromatic heterocycles. The summed E-state index contributed by atoms with van der Waals surface area (Å²) in [6.07, 6.45) is 0. The van der Waals surface area contributed by atoms with Gasteiger partial charge in [-0.15, -0.1) is 0 Å². The molecule has 0 saturated heterocycles. The topological polar surface area (TPSA) is 104 Å². The fourth-order valence-electron chi connectivity index (χ4n) is 1.61. The molecule has 2 amide bonds. The van der Waals surface area contributed by atoms with Gasteiger partial charge in [-0.25, -0.2) is 13.6 Å². The molecule has 2 rings (SSSR count). The molecule has 0 heterocycles. The molecule has 22 heavy (non-hydrogen) atoms. The number of phenolic OH excluding ortho intramolecular Hbond substituents is 1. The van der Waals surface area contributed by atoms with Crippen LogP contribution < -0.4 is 10.6 Å². The molecule has 0 radical (unpaired) electrons. The number of non-ortho nitro benzene ring substituents is 1. The zero-order valence-corrected chi connectivity index (χ0v) is 10.8. The lowest BCUT2D eigenvalue weighted by atomic mass is 10.2. The summed E-state index contributed by atoms with van der Waals surface area (Å²) < 4.78 is 26.1. The molecule has 0 bridgehead atoms. The highest BCUT2D eigenvalue weighted by molar-refractivity contribution is 6.00. The molecular weight excluding hydrogens is 300 g/mol. The van der Waals surface area contributed by atoms with Crippen LogP contribution in [0.15, 0.2) is 36.4 Å². The van der Waals surface area contributed by atoms with E-state index in [4.69, 9.17) is 0 Å². The highest BCUT2D eigenvalue weighted by atomic mass is 19.1. The Labute approximate surface area is 122 Å². The molecular formula is C13H9F2N3O4. The summed E-state index contributed by atoms with van der Waals surface area (Å²) in [5.74, 6) is -2.29. The molecule has 0 fully saturated rings. The second kappa shape index (κ2) is 6.04. The number of carbonyl (C=O) groups excluding carboxylic acids is 1. The smallest absolute Gasteiger partial charge is 0.323 e. The molecule has 0 saturated carbocycles. The van der Waals surface area contributed by atoms with Gasteiger partial charge in [0.05, 0.1) is 22.4 Å². The summed E-state index contributed by atoms with van der Waals surface area (Å²) in [4.78, 5) is 21.5. The van der Waals surface area contributed by atoms with Crippen molar-refractivity contribution in [1.29, 1.82) is 0 Å². The fourth-order valence-corrected chi connectivity index (χ4v) is 1.61. The quantitative estimate of drug-likeness (QED) is 0.460. The van der Waals surface area contributed by atoms with Crippen LogP contribution in [0.1, 0.15) is 0 Å². The number of nitrogens with one attached hydrogen (secondary N) is 2. The third-order valence-electron chi connectivity index (χ3n) is 2.62. The van der Waals surface area contributed by atoms with Crippen LogP contribution in [0.25, 0.3) is 0 Å². The van der Waals surface area contributed by atoms with Crippen molar-refractivity contribution >= 4 is 23.1 Å². The molecule has 2 aromatic carbocycles. The van der Waals surface area contributed by atoms with E-state index in [1.165, 1.54) is 0 Å². The lowest BCUT2D eigenvalue weighted by Gasteiger charge is -2.09. The number of benzene rings is 2. The molecule has 0 aliphatic carbocycles. The number of rotatable bonds is 3. The molecule has 9 heteroatoms. The van der Waals surface area contributed by atoms with Gasteiger partial charge in [0.2, 0.25) is 0 Å². The largest absolute Gasteiger partial charge is 0.506 e. The number of aromatic hydroxyl groups is 1. The number of hydrogen-bond donors (Lipinski definition) is 3. The number of urea groups is 1. The van der Waals surface area contributed by atoms with Crippen molar-refractivity contribution in [3.05, 3.63) is 58.1 Å². The average Bonchev–Trinajstić information content (AvgIpc) is 2.44. The maximum Gasteiger partial charge on any atom is 0.323 e. The Bertz CT molecular complexity index is 752. The molecule has 0 aliphatic rings. The number of nitro groups is 1. The summed E-state index contributed by atoms with van der Waals surface area (Å²) in [6.45, 7) is 0. The van der Waals surface area contributed by atoms with Crippen molar-refractivity contribution in [2.75, 3.05) is 10.6 Å². The van der Waals surface area contributed by atoms with Crippen LogP contribution >= 0.6 is 0 Å². The van der Waals surface area contributed by atoms with Gasteiger partial charge >= 0.3 is 6.03 Å². The third kappa shape index (κ3) is 3.45. The number of halogens is 2. The van der Waals surface area contributed by atoms with Crippen molar-refractivity contribution in [1.82, 2.24) is 0 Å². The highest BCUT2D eigenvalue weighted by Crippen LogP contribution is 2.28. The number of phenols is 1. The van der Waals surface area contributed by atoms with E-state index in [0.29, 0.717) is 6.07 Å². The van der Waals surface area contributed by atoms with Gasteiger partial charge in [0.25, 0.3) is 5.69 Å². The van der Waals surface area contributed by atoms with Crippen LogP contribution in [0.3, 0.4) is 0 Å². The van der Waals surface area contributed by atoms with Crippen molar-refractivity contribution in [3.63, 3.8) is 0 Å². The van der Waals surface area contributed by atoms with Gasteiger partial charge in [0.1, 0.15) is 17.4 Å². The SMILES string of the molecule is O=C(Nc1ccc([N+](=O)[O-])cc1O)Nc1ccc(F)cc1F. The molecule has 0 atom stereocenters. The van der Waals surface area contributed by atoms with E-state index in [9.17, 15) is 28.8 Å². The Kier molecular flexibility index (Phi) is 4.16. The molecule has 0 aliphatic heterocycles. The van der Waals surface area contributed by atoms with Crippen molar-refractivity contribution in [2.45, 2.75) is 0 Å². The van der Waals surface area contributed by atoms with E-state index in [2.05, 4.69) is 10.6 Å². The van der Waals surface area contributed by atoms with E-state index in [1.807, 2.05) is 0 Å². The van der Waals surface area contributed by atoms with Crippen LogP contribution in [-0.4, -0.2) is 16.1 Å². The first-order valence-electron chi connectivity index (χ1n) is 5.87. The van der Waals surface area contributed by atoms with Gasteiger partial charge in [-0.3, -0.25) is 10.1 Å².